The molecule has 162 valence electrons. The van der Waals surface area contributed by atoms with E-state index in [0.717, 1.165) is 44.1 Å². The summed E-state index contributed by atoms with van der Waals surface area (Å²) in [6, 6.07) is 6.07. The van der Waals surface area contributed by atoms with Crippen LogP contribution >= 0.6 is 0 Å². The number of hydrogen-bond acceptors (Lipinski definition) is 8. The maximum absolute atomic E-state index is 12.0. The Kier molecular flexibility index (Phi) is 6.49. The number of rotatable bonds is 5. The van der Waals surface area contributed by atoms with Crippen molar-refractivity contribution in [3.05, 3.63) is 23.8 Å². The number of fused-ring (bicyclic) bond motifs is 1. The first kappa shape index (κ1) is 20.6. The first-order valence-corrected chi connectivity index (χ1v) is 10.5. The number of carbonyl (C=O) groups excluding carboxylic acids is 1. The molecule has 0 spiro atoms. The highest BCUT2D eigenvalue weighted by atomic mass is 16.6. The fraction of sp³-hybridized carbons (Fsp3) is 0.571. The Morgan fingerprint density at radius 2 is 1.87 bits per heavy atom. The SMILES string of the molecule is CCOC(=O)N1CCN(c2cc(CN3CCOCC3)c3ccc(OC)nc3n2)CC1. The number of aromatic nitrogens is 2. The Morgan fingerprint density at radius 1 is 1.10 bits per heavy atom. The number of methoxy groups -OCH3 is 1. The van der Waals surface area contributed by atoms with Gasteiger partial charge in [-0.2, -0.15) is 4.98 Å². The van der Waals surface area contributed by atoms with Crippen LogP contribution in [0.3, 0.4) is 0 Å². The Bertz CT molecular complexity index is 879. The van der Waals surface area contributed by atoms with E-state index in [0.29, 0.717) is 44.3 Å². The zero-order valence-electron chi connectivity index (χ0n) is 17.7. The second kappa shape index (κ2) is 9.44. The number of anilines is 1. The van der Waals surface area contributed by atoms with Gasteiger partial charge in [-0.3, -0.25) is 4.90 Å². The van der Waals surface area contributed by atoms with Gasteiger partial charge in [0.25, 0.3) is 0 Å². The first-order valence-electron chi connectivity index (χ1n) is 10.5. The lowest BCUT2D eigenvalue weighted by atomic mass is 10.1. The van der Waals surface area contributed by atoms with Crippen molar-refractivity contribution in [2.45, 2.75) is 13.5 Å². The van der Waals surface area contributed by atoms with Gasteiger partial charge in [-0.05, 0) is 24.6 Å². The van der Waals surface area contributed by atoms with Crippen molar-refractivity contribution in [3.8, 4) is 5.88 Å². The average Bonchev–Trinajstić information content (AvgIpc) is 2.79. The maximum Gasteiger partial charge on any atom is 0.409 e. The molecule has 4 heterocycles. The zero-order valence-corrected chi connectivity index (χ0v) is 17.7. The van der Waals surface area contributed by atoms with Crippen LogP contribution < -0.4 is 9.64 Å². The monoisotopic (exact) mass is 415 g/mol. The van der Waals surface area contributed by atoms with E-state index in [1.54, 1.807) is 12.0 Å². The smallest absolute Gasteiger partial charge is 0.409 e. The molecule has 9 heteroatoms. The van der Waals surface area contributed by atoms with Crippen LogP contribution in [0.1, 0.15) is 12.5 Å². The summed E-state index contributed by atoms with van der Waals surface area (Å²) in [6.07, 6.45) is -0.247. The summed E-state index contributed by atoms with van der Waals surface area (Å²) in [4.78, 5) is 27.7. The van der Waals surface area contributed by atoms with Gasteiger partial charge in [0.2, 0.25) is 5.88 Å². The van der Waals surface area contributed by atoms with Crippen LogP contribution in [-0.4, -0.2) is 92.1 Å². The van der Waals surface area contributed by atoms with Crippen LogP contribution in [0.15, 0.2) is 18.2 Å². The van der Waals surface area contributed by atoms with Gasteiger partial charge in [-0.15, -0.1) is 0 Å². The lowest BCUT2D eigenvalue weighted by molar-refractivity contribution is 0.0343. The molecular formula is C21H29N5O4. The second-order valence-electron chi connectivity index (χ2n) is 7.43. The molecule has 2 aromatic heterocycles. The Balaban J connectivity index is 1.58. The van der Waals surface area contributed by atoms with Gasteiger partial charge in [0.05, 0.1) is 26.9 Å². The molecule has 2 saturated heterocycles. The maximum atomic E-state index is 12.0. The van der Waals surface area contributed by atoms with Crippen molar-refractivity contribution in [2.75, 3.05) is 71.1 Å². The minimum Gasteiger partial charge on any atom is -0.481 e. The summed E-state index contributed by atoms with van der Waals surface area (Å²) < 4.78 is 15.9. The molecule has 0 saturated carbocycles. The van der Waals surface area contributed by atoms with Crippen molar-refractivity contribution < 1.29 is 19.0 Å². The second-order valence-corrected chi connectivity index (χ2v) is 7.43. The number of piperazine rings is 1. The summed E-state index contributed by atoms with van der Waals surface area (Å²) in [5.41, 5.74) is 1.88. The van der Waals surface area contributed by atoms with E-state index >= 15 is 0 Å². The third-order valence-electron chi connectivity index (χ3n) is 5.56. The van der Waals surface area contributed by atoms with Gasteiger partial charge in [0.1, 0.15) is 5.82 Å². The molecule has 0 N–H and O–H groups in total. The number of ether oxygens (including phenoxy) is 3. The molecule has 4 rings (SSSR count). The van der Waals surface area contributed by atoms with Gasteiger partial charge in [-0.1, -0.05) is 0 Å². The summed E-state index contributed by atoms with van der Waals surface area (Å²) in [7, 11) is 1.61. The van der Waals surface area contributed by atoms with E-state index in [1.165, 1.54) is 5.56 Å². The highest BCUT2D eigenvalue weighted by Gasteiger charge is 2.24. The summed E-state index contributed by atoms with van der Waals surface area (Å²) in [6.45, 7) is 9.04. The van der Waals surface area contributed by atoms with Crippen LogP contribution in [0.25, 0.3) is 11.0 Å². The minimum atomic E-state index is -0.247. The van der Waals surface area contributed by atoms with Crippen molar-refractivity contribution >= 4 is 22.9 Å². The number of morpholine rings is 1. The highest BCUT2D eigenvalue weighted by molar-refractivity contribution is 5.81. The highest BCUT2D eigenvalue weighted by Crippen LogP contribution is 2.26. The summed E-state index contributed by atoms with van der Waals surface area (Å²) in [5, 5.41) is 1.04. The number of nitrogens with zero attached hydrogens (tertiary/aromatic N) is 5. The molecule has 9 nitrogen and oxygen atoms in total. The minimum absolute atomic E-state index is 0.247. The number of amides is 1. The zero-order chi connectivity index (χ0) is 20.9. The largest absolute Gasteiger partial charge is 0.481 e. The third-order valence-corrected chi connectivity index (χ3v) is 5.56. The topological polar surface area (TPSA) is 80.3 Å². The molecule has 0 radical (unpaired) electrons. The average molecular weight is 415 g/mol. The summed E-state index contributed by atoms with van der Waals surface area (Å²) in [5.74, 6) is 1.44. The quantitative estimate of drug-likeness (QED) is 0.731. The molecule has 2 fully saturated rings. The predicted octanol–water partition coefficient (Wildman–Crippen LogP) is 1.75. The van der Waals surface area contributed by atoms with Crippen LogP contribution in [0.5, 0.6) is 5.88 Å². The number of carbonyl (C=O) groups is 1. The fourth-order valence-electron chi connectivity index (χ4n) is 3.88. The van der Waals surface area contributed by atoms with Crippen molar-refractivity contribution in [1.29, 1.82) is 0 Å². The Morgan fingerprint density at radius 3 is 2.57 bits per heavy atom. The third kappa shape index (κ3) is 4.57. The molecule has 0 atom stereocenters. The van der Waals surface area contributed by atoms with Crippen LogP contribution in [0, 0.1) is 0 Å². The van der Waals surface area contributed by atoms with Crippen LogP contribution in [0.4, 0.5) is 10.6 Å². The Hall–Kier alpha value is -2.65. The van der Waals surface area contributed by atoms with Crippen molar-refractivity contribution in [3.63, 3.8) is 0 Å². The normalized spacial score (nSPS) is 17.9. The molecule has 2 aliphatic rings. The van der Waals surface area contributed by atoms with Gasteiger partial charge in [-0.25, -0.2) is 9.78 Å². The van der Waals surface area contributed by atoms with E-state index < -0.39 is 0 Å². The predicted molar refractivity (Wildman–Crippen MR) is 113 cm³/mol. The standard InChI is InChI=1S/C21H29N5O4/c1-3-30-21(27)26-8-6-25(7-9-26)18-14-16(15-24-10-12-29-13-11-24)17-4-5-19(28-2)23-20(17)22-18/h4-5,14H,3,6-13,15H2,1-2H3. The fourth-order valence-corrected chi connectivity index (χ4v) is 3.88. The van der Waals surface area contributed by atoms with E-state index in [9.17, 15) is 4.79 Å². The van der Waals surface area contributed by atoms with Crippen LogP contribution in [-0.2, 0) is 16.0 Å². The first-order chi connectivity index (χ1) is 14.7. The molecule has 30 heavy (non-hydrogen) atoms. The van der Waals surface area contributed by atoms with Crippen molar-refractivity contribution in [2.24, 2.45) is 0 Å². The molecule has 0 aromatic carbocycles. The van der Waals surface area contributed by atoms with E-state index in [2.05, 4.69) is 20.9 Å². The Labute approximate surface area is 176 Å². The van der Waals surface area contributed by atoms with E-state index in [-0.39, 0.29) is 6.09 Å². The number of hydrogen-bond donors (Lipinski definition) is 0. The van der Waals surface area contributed by atoms with Gasteiger partial charge in [0.15, 0.2) is 5.65 Å². The number of pyridine rings is 2. The lowest BCUT2D eigenvalue weighted by Crippen LogP contribution is -2.49. The molecule has 0 unspecified atom stereocenters. The van der Waals surface area contributed by atoms with E-state index in [1.807, 2.05) is 19.1 Å². The molecule has 2 aliphatic heterocycles. The van der Waals surface area contributed by atoms with Gasteiger partial charge in [0, 0.05) is 57.3 Å². The van der Waals surface area contributed by atoms with Gasteiger partial charge < -0.3 is 24.0 Å². The molecular weight excluding hydrogens is 386 g/mol. The van der Waals surface area contributed by atoms with Crippen LogP contribution in [0.2, 0.25) is 0 Å². The molecule has 0 aliphatic carbocycles. The molecule has 2 aromatic rings. The van der Waals surface area contributed by atoms with E-state index in [4.69, 9.17) is 19.2 Å². The molecule has 1 amide bonds. The lowest BCUT2D eigenvalue weighted by Gasteiger charge is -2.35. The molecule has 0 bridgehead atoms. The summed E-state index contributed by atoms with van der Waals surface area (Å²) >= 11 is 0. The van der Waals surface area contributed by atoms with Crippen molar-refractivity contribution in [1.82, 2.24) is 19.8 Å². The van der Waals surface area contributed by atoms with Gasteiger partial charge >= 0.3 is 6.09 Å².